The lowest BCUT2D eigenvalue weighted by Gasteiger charge is -2.24. The van der Waals surface area contributed by atoms with Crippen LogP contribution in [0, 0.1) is 6.92 Å². The summed E-state index contributed by atoms with van der Waals surface area (Å²) in [6, 6.07) is 10.4. The molecule has 0 aliphatic heterocycles. The second-order valence-electron chi connectivity index (χ2n) is 6.33. The van der Waals surface area contributed by atoms with Gasteiger partial charge in [-0.25, -0.2) is 17.4 Å². The number of fused-ring (bicyclic) bond motifs is 1. The van der Waals surface area contributed by atoms with E-state index in [1.807, 2.05) is 13.0 Å². The first kappa shape index (κ1) is 15.7. The van der Waals surface area contributed by atoms with Crippen LogP contribution in [-0.4, -0.2) is 17.4 Å². The molecule has 0 spiro atoms. The molecular weight excluding hydrogens is 344 g/mol. The van der Waals surface area contributed by atoms with Crippen LogP contribution < -0.4 is 0 Å². The molecule has 2 aromatic heterocycles. The number of nitrogens with zero attached hydrogens (tertiary/aromatic N) is 2. The number of aryl methyl sites for hydroxylation is 1. The normalized spacial score (nSPS) is 15.6. The summed E-state index contributed by atoms with van der Waals surface area (Å²) in [6.45, 7) is 1.93. The first-order valence-electron chi connectivity index (χ1n) is 7.96. The summed E-state index contributed by atoms with van der Waals surface area (Å²) in [5.74, 6) is 0.407. The molecule has 24 heavy (non-hydrogen) atoms. The summed E-state index contributed by atoms with van der Waals surface area (Å²) in [4.78, 5) is 4.55. The first-order chi connectivity index (χ1) is 11.5. The van der Waals surface area contributed by atoms with E-state index in [4.69, 9.17) is 11.6 Å². The van der Waals surface area contributed by atoms with Crippen molar-refractivity contribution in [3.05, 3.63) is 58.9 Å². The predicted octanol–water partition coefficient (Wildman–Crippen LogP) is 4.50. The highest BCUT2D eigenvalue weighted by Crippen LogP contribution is 2.41. The fourth-order valence-corrected chi connectivity index (χ4v) is 4.60. The van der Waals surface area contributed by atoms with Crippen molar-refractivity contribution in [3.63, 3.8) is 0 Å². The highest BCUT2D eigenvalue weighted by Gasteiger charge is 2.28. The average molecular weight is 361 g/mol. The van der Waals surface area contributed by atoms with Crippen LogP contribution in [-0.2, 0) is 10.0 Å². The molecule has 0 amide bonds. The maximum atomic E-state index is 13.1. The van der Waals surface area contributed by atoms with Crippen LogP contribution in [0.5, 0.6) is 0 Å². The fourth-order valence-electron chi connectivity index (χ4n) is 3.13. The van der Waals surface area contributed by atoms with Gasteiger partial charge in [-0.15, -0.1) is 0 Å². The molecule has 0 radical (unpaired) electrons. The lowest BCUT2D eigenvalue weighted by Crippen LogP contribution is -2.13. The summed E-state index contributed by atoms with van der Waals surface area (Å²) in [7, 11) is -3.70. The minimum absolute atomic E-state index is 0.256. The van der Waals surface area contributed by atoms with Crippen LogP contribution >= 0.6 is 11.6 Å². The molecule has 0 N–H and O–H groups in total. The van der Waals surface area contributed by atoms with E-state index in [1.165, 1.54) is 10.4 Å². The van der Waals surface area contributed by atoms with E-state index in [9.17, 15) is 8.42 Å². The van der Waals surface area contributed by atoms with Crippen LogP contribution in [0.4, 0.5) is 0 Å². The van der Waals surface area contributed by atoms with Crippen molar-refractivity contribution in [2.45, 2.75) is 37.0 Å². The smallest absolute Gasteiger partial charge is 0.224 e. The number of halogens is 1. The van der Waals surface area contributed by atoms with Crippen molar-refractivity contribution in [2.24, 2.45) is 0 Å². The largest absolute Gasteiger partial charge is 0.269 e. The maximum Gasteiger partial charge on any atom is 0.269 e. The van der Waals surface area contributed by atoms with Crippen molar-refractivity contribution in [1.29, 1.82) is 0 Å². The molecule has 1 fully saturated rings. The molecule has 0 saturated heterocycles. The second kappa shape index (κ2) is 5.60. The Bertz CT molecular complexity index is 1020. The third-order valence-corrected chi connectivity index (χ3v) is 6.61. The number of hydrogen-bond donors (Lipinski definition) is 0. The third kappa shape index (κ3) is 2.43. The van der Waals surface area contributed by atoms with Gasteiger partial charge in [-0.3, -0.25) is 0 Å². The number of pyridine rings is 1. The van der Waals surface area contributed by atoms with E-state index >= 15 is 0 Å². The van der Waals surface area contributed by atoms with Gasteiger partial charge in [0.25, 0.3) is 10.0 Å². The van der Waals surface area contributed by atoms with E-state index < -0.39 is 10.0 Å². The van der Waals surface area contributed by atoms with Crippen LogP contribution in [0.1, 0.15) is 36.3 Å². The Balaban J connectivity index is 1.95. The van der Waals surface area contributed by atoms with E-state index in [2.05, 4.69) is 4.98 Å². The minimum atomic E-state index is -3.70. The summed E-state index contributed by atoms with van der Waals surface area (Å²) in [5.41, 5.74) is 2.48. The Morgan fingerprint density at radius 2 is 1.83 bits per heavy atom. The number of hydrogen-bond acceptors (Lipinski definition) is 3. The standard InChI is InChI=1S/C18H17ClN2O2S/c1-12-5-7-14(8-6-12)24(22,23)21-11-16(13-3-2-4-13)15-9-10-17(19)20-18(15)21/h5-11,13H,2-4H2,1H3. The monoisotopic (exact) mass is 360 g/mol. The quantitative estimate of drug-likeness (QED) is 0.646. The molecule has 1 saturated carbocycles. The molecular formula is C18H17ClN2O2S. The zero-order valence-electron chi connectivity index (χ0n) is 13.2. The molecule has 0 atom stereocenters. The zero-order valence-corrected chi connectivity index (χ0v) is 14.8. The first-order valence-corrected chi connectivity index (χ1v) is 9.78. The van der Waals surface area contributed by atoms with Crippen LogP contribution in [0.2, 0.25) is 5.15 Å². The van der Waals surface area contributed by atoms with Gasteiger partial charge in [0.1, 0.15) is 5.15 Å². The van der Waals surface area contributed by atoms with E-state index in [1.54, 1.807) is 36.5 Å². The summed E-state index contributed by atoms with van der Waals surface area (Å²) < 4.78 is 27.5. The molecule has 1 aromatic carbocycles. The Hall–Kier alpha value is -1.85. The molecule has 4 nitrogen and oxygen atoms in total. The van der Waals surface area contributed by atoms with Crippen molar-refractivity contribution in [1.82, 2.24) is 8.96 Å². The lowest BCUT2D eigenvalue weighted by atomic mass is 9.80. The Kier molecular flexibility index (Phi) is 3.66. The highest BCUT2D eigenvalue weighted by molar-refractivity contribution is 7.90. The predicted molar refractivity (Wildman–Crippen MR) is 95.1 cm³/mol. The third-order valence-electron chi connectivity index (χ3n) is 4.74. The molecule has 3 aromatic rings. The van der Waals surface area contributed by atoms with E-state index in [-0.39, 0.29) is 4.90 Å². The number of rotatable bonds is 3. The Morgan fingerprint density at radius 1 is 1.12 bits per heavy atom. The van der Waals surface area contributed by atoms with Crippen LogP contribution in [0.25, 0.3) is 11.0 Å². The van der Waals surface area contributed by atoms with Crippen LogP contribution in [0.15, 0.2) is 47.5 Å². The number of aromatic nitrogens is 2. The van der Waals surface area contributed by atoms with Gasteiger partial charge in [0, 0.05) is 11.6 Å². The SMILES string of the molecule is Cc1ccc(S(=O)(=O)n2cc(C3CCC3)c3ccc(Cl)nc32)cc1. The van der Waals surface area contributed by atoms with E-state index in [0.29, 0.717) is 16.7 Å². The van der Waals surface area contributed by atoms with Crippen molar-refractivity contribution < 1.29 is 8.42 Å². The van der Waals surface area contributed by atoms with Gasteiger partial charge >= 0.3 is 0 Å². The van der Waals surface area contributed by atoms with Gasteiger partial charge in [0.2, 0.25) is 0 Å². The van der Waals surface area contributed by atoms with Crippen molar-refractivity contribution in [3.8, 4) is 0 Å². The molecule has 2 heterocycles. The summed E-state index contributed by atoms with van der Waals surface area (Å²) >= 11 is 6.02. The number of benzene rings is 1. The van der Waals surface area contributed by atoms with Crippen LogP contribution in [0.3, 0.4) is 0 Å². The van der Waals surface area contributed by atoms with Crippen molar-refractivity contribution >= 4 is 32.7 Å². The molecule has 124 valence electrons. The minimum Gasteiger partial charge on any atom is -0.224 e. The molecule has 0 bridgehead atoms. The maximum absolute atomic E-state index is 13.1. The second-order valence-corrected chi connectivity index (χ2v) is 8.53. The van der Waals surface area contributed by atoms with Gasteiger partial charge in [-0.05, 0) is 55.5 Å². The van der Waals surface area contributed by atoms with Gasteiger partial charge in [0.05, 0.1) is 4.90 Å². The van der Waals surface area contributed by atoms with E-state index in [0.717, 1.165) is 29.4 Å². The molecule has 6 heteroatoms. The Labute approximate surface area is 146 Å². The van der Waals surface area contributed by atoms with Gasteiger partial charge in [0.15, 0.2) is 5.65 Å². The summed E-state index contributed by atoms with van der Waals surface area (Å²) in [5, 5.41) is 1.17. The highest BCUT2D eigenvalue weighted by atomic mass is 35.5. The zero-order chi connectivity index (χ0) is 16.9. The van der Waals surface area contributed by atoms with Gasteiger partial charge in [-0.1, -0.05) is 35.7 Å². The molecule has 0 unspecified atom stereocenters. The van der Waals surface area contributed by atoms with Crippen molar-refractivity contribution in [2.75, 3.05) is 0 Å². The van der Waals surface area contributed by atoms with Gasteiger partial charge < -0.3 is 0 Å². The molecule has 4 rings (SSSR count). The average Bonchev–Trinajstić information content (AvgIpc) is 2.85. The fraction of sp³-hybridized carbons (Fsp3) is 0.278. The van der Waals surface area contributed by atoms with Gasteiger partial charge in [-0.2, -0.15) is 0 Å². The lowest BCUT2D eigenvalue weighted by molar-refractivity contribution is 0.422. The Morgan fingerprint density at radius 3 is 2.46 bits per heavy atom. The molecule has 1 aliphatic carbocycles. The summed E-state index contributed by atoms with van der Waals surface area (Å²) in [6.07, 6.45) is 5.09. The molecule has 1 aliphatic rings. The topological polar surface area (TPSA) is 52.0 Å².